The van der Waals surface area contributed by atoms with E-state index in [-0.39, 0.29) is 12.2 Å². The number of carbonyl (C=O) groups is 1. The highest BCUT2D eigenvalue weighted by atomic mass is 32.2. The second-order valence-electron chi connectivity index (χ2n) is 4.34. The lowest BCUT2D eigenvalue weighted by molar-refractivity contribution is -0.140. The van der Waals surface area contributed by atoms with Crippen molar-refractivity contribution in [3.05, 3.63) is 18.2 Å². The van der Waals surface area contributed by atoms with Crippen LogP contribution in [0.25, 0.3) is 0 Å². The van der Waals surface area contributed by atoms with Crippen LogP contribution in [0.5, 0.6) is 0 Å². The number of carbonyl (C=O) groups excluding carboxylic acids is 1. The highest BCUT2D eigenvalue weighted by Crippen LogP contribution is 2.27. The average molecular weight is 332 g/mol. The molecule has 0 atom stereocenters. The van der Waals surface area contributed by atoms with Crippen molar-refractivity contribution >= 4 is 39.1 Å². The number of anilines is 2. The fourth-order valence-corrected chi connectivity index (χ4v) is 3.33. The fraction of sp³-hybridized carbons (Fsp3) is 0.462. The van der Waals surface area contributed by atoms with Gasteiger partial charge in [-0.2, -0.15) is 0 Å². The summed E-state index contributed by atoms with van der Waals surface area (Å²) >= 11 is 1.63. The quantitative estimate of drug-likeness (QED) is 0.429. The lowest BCUT2D eigenvalue weighted by atomic mass is 10.3. The number of hydrogen-bond acceptors (Lipinski definition) is 6. The summed E-state index contributed by atoms with van der Waals surface area (Å²) in [6, 6.07) is 5.21. The van der Waals surface area contributed by atoms with Gasteiger partial charge in [0.05, 0.1) is 30.7 Å². The molecule has 8 heteroatoms. The molecule has 0 aliphatic heterocycles. The third-order valence-corrected chi connectivity index (χ3v) is 5.04. The first-order chi connectivity index (χ1) is 9.88. The summed E-state index contributed by atoms with van der Waals surface area (Å²) in [7, 11) is -2.42. The largest absolute Gasteiger partial charge is 0.469 e. The summed E-state index contributed by atoms with van der Waals surface area (Å²) in [6.45, 7) is 2.07. The molecule has 0 amide bonds. The third kappa shape index (κ3) is 6.26. The van der Waals surface area contributed by atoms with E-state index in [9.17, 15) is 13.2 Å². The number of nitrogen functional groups attached to an aromatic ring is 1. The molecule has 1 aromatic carbocycles. The Hall–Kier alpha value is -1.41. The van der Waals surface area contributed by atoms with Crippen molar-refractivity contribution < 1.29 is 17.9 Å². The van der Waals surface area contributed by atoms with Crippen LogP contribution in [0, 0.1) is 0 Å². The van der Waals surface area contributed by atoms with Crippen molar-refractivity contribution in [2.24, 2.45) is 0 Å². The molecule has 0 heterocycles. The monoisotopic (exact) mass is 332 g/mol. The predicted molar refractivity (Wildman–Crippen MR) is 85.9 cm³/mol. The minimum Gasteiger partial charge on any atom is -0.469 e. The number of nitrogens with one attached hydrogen (secondary N) is 1. The molecule has 0 spiro atoms. The van der Waals surface area contributed by atoms with Crippen LogP contribution in [0.1, 0.15) is 19.8 Å². The van der Waals surface area contributed by atoms with Crippen LogP contribution in [0.2, 0.25) is 0 Å². The minimum absolute atomic E-state index is 0.198. The minimum atomic E-state index is -3.64. The van der Waals surface area contributed by atoms with Gasteiger partial charge in [-0.05, 0) is 30.4 Å². The van der Waals surface area contributed by atoms with Gasteiger partial charge in [-0.1, -0.05) is 6.92 Å². The van der Waals surface area contributed by atoms with Crippen molar-refractivity contribution in [2.45, 2.75) is 24.7 Å². The first-order valence-electron chi connectivity index (χ1n) is 6.47. The van der Waals surface area contributed by atoms with E-state index in [2.05, 4.69) is 16.4 Å². The maximum atomic E-state index is 11.9. The van der Waals surface area contributed by atoms with Crippen LogP contribution in [0.4, 0.5) is 11.4 Å². The van der Waals surface area contributed by atoms with E-state index in [0.717, 1.165) is 17.1 Å². The first kappa shape index (κ1) is 17.6. The van der Waals surface area contributed by atoms with Crippen molar-refractivity contribution in [3.8, 4) is 0 Å². The Morgan fingerprint density at radius 1 is 1.43 bits per heavy atom. The molecule has 0 fully saturated rings. The molecule has 1 aromatic rings. The number of benzene rings is 1. The normalized spacial score (nSPS) is 11.1. The van der Waals surface area contributed by atoms with Gasteiger partial charge in [-0.15, -0.1) is 11.8 Å². The zero-order valence-corrected chi connectivity index (χ0v) is 13.7. The van der Waals surface area contributed by atoms with Crippen LogP contribution in [0.15, 0.2) is 23.1 Å². The molecule has 0 unspecified atom stereocenters. The SMILES string of the molecule is CCCSc1ccc(N)c(NS(=O)(=O)CCC(=O)OC)c1. The highest BCUT2D eigenvalue weighted by Gasteiger charge is 2.15. The summed E-state index contributed by atoms with van der Waals surface area (Å²) < 4.78 is 30.7. The molecule has 21 heavy (non-hydrogen) atoms. The Kier molecular flexibility index (Phi) is 6.83. The zero-order chi connectivity index (χ0) is 15.9. The number of ether oxygens (including phenoxy) is 1. The molecule has 0 saturated heterocycles. The van der Waals surface area contributed by atoms with E-state index in [0.29, 0.717) is 11.4 Å². The molecular weight excluding hydrogens is 312 g/mol. The number of rotatable bonds is 8. The summed E-state index contributed by atoms with van der Waals surface area (Å²) in [4.78, 5) is 11.9. The fourth-order valence-electron chi connectivity index (χ4n) is 1.47. The van der Waals surface area contributed by atoms with E-state index >= 15 is 0 Å². The lowest BCUT2D eigenvalue weighted by Crippen LogP contribution is -2.20. The molecule has 0 aromatic heterocycles. The molecule has 0 aliphatic carbocycles. The molecule has 0 radical (unpaired) electrons. The topological polar surface area (TPSA) is 98.5 Å². The van der Waals surface area contributed by atoms with Crippen molar-refractivity contribution in [1.82, 2.24) is 0 Å². The molecular formula is C13H20N2O4S2. The predicted octanol–water partition coefficient (Wildman–Crippen LogP) is 2.08. The highest BCUT2D eigenvalue weighted by molar-refractivity contribution is 7.99. The standard InChI is InChI=1S/C13H20N2O4S2/c1-3-7-20-10-4-5-11(14)12(9-10)15-21(17,18)8-6-13(16)19-2/h4-5,9,15H,3,6-8,14H2,1-2H3. The second-order valence-corrected chi connectivity index (χ2v) is 7.35. The van der Waals surface area contributed by atoms with Crippen molar-refractivity contribution in [3.63, 3.8) is 0 Å². The van der Waals surface area contributed by atoms with Crippen LogP contribution in [0.3, 0.4) is 0 Å². The van der Waals surface area contributed by atoms with Gasteiger partial charge in [0, 0.05) is 4.90 Å². The number of sulfonamides is 1. The number of nitrogens with two attached hydrogens (primary N) is 1. The van der Waals surface area contributed by atoms with Crippen LogP contribution >= 0.6 is 11.8 Å². The van der Waals surface area contributed by atoms with E-state index in [1.807, 2.05) is 6.07 Å². The van der Waals surface area contributed by atoms with Gasteiger partial charge in [0.15, 0.2) is 0 Å². The Morgan fingerprint density at radius 2 is 2.14 bits per heavy atom. The zero-order valence-electron chi connectivity index (χ0n) is 12.1. The molecule has 0 aliphatic rings. The van der Waals surface area contributed by atoms with E-state index in [1.54, 1.807) is 23.9 Å². The Balaban J connectivity index is 2.78. The van der Waals surface area contributed by atoms with Crippen molar-refractivity contribution in [2.75, 3.05) is 29.1 Å². The van der Waals surface area contributed by atoms with E-state index in [4.69, 9.17) is 5.73 Å². The van der Waals surface area contributed by atoms with Gasteiger partial charge < -0.3 is 10.5 Å². The van der Waals surface area contributed by atoms with Crippen LogP contribution < -0.4 is 10.5 Å². The summed E-state index contributed by atoms with van der Waals surface area (Å²) in [6.07, 6.45) is 0.825. The van der Waals surface area contributed by atoms with Gasteiger partial charge in [0.1, 0.15) is 0 Å². The number of methoxy groups -OCH3 is 1. The second kappa shape index (κ2) is 8.14. The maximum Gasteiger partial charge on any atom is 0.306 e. The van der Waals surface area contributed by atoms with Crippen molar-refractivity contribution in [1.29, 1.82) is 0 Å². The number of thioether (sulfide) groups is 1. The van der Waals surface area contributed by atoms with Gasteiger partial charge in [-0.3, -0.25) is 9.52 Å². The Morgan fingerprint density at radius 3 is 2.76 bits per heavy atom. The third-order valence-electron chi connectivity index (χ3n) is 2.57. The molecule has 0 bridgehead atoms. The maximum absolute atomic E-state index is 11.9. The van der Waals surface area contributed by atoms with Gasteiger partial charge in [0.25, 0.3) is 0 Å². The van der Waals surface area contributed by atoms with Crippen LogP contribution in [-0.4, -0.2) is 33.0 Å². The summed E-state index contributed by atoms with van der Waals surface area (Å²) in [5, 5.41) is 0. The van der Waals surface area contributed by atoms with Gasteiger partial charge >= 0.3 is 5.97 Å². The van der Waals surface area contributed by atoms with Gasteiger partial charge in [0.2, 0.25) is 10.0 Å². The number of esters is 1. The van der Waals surface area contributed by atoms with E-state index < -0.39 is 16.0 Å². The molecule has 0 saturated carbocycles. The number of hydrogen-bond donors (Lipinski definition) is 2. The molecule has 3 N–H and O–H groups in total. The molecule has 6 nitrogen and oxygen atoms in total. The molecule has 118 valence electrons. The average Bonchev–Trinajstić information content (AvgIpc) is 2.45. The smallest absolute Gasteiger partial charge is 0.306 e. The van der Waals surface area contributed by atoms with Crippen LogP contribution in [-0.2, 0) is 19.6 Å². The lowest BCUT2D eigenvalue weighted by Gasteiger charge is -2.11. The molecule has 1 rings (SSSR count). The first-order valence-corrected chi connectivity index (χ1v) is 9.11. The van der Waals surface area contributed by atoms with Gasteiger partial charge in [-0.25, -0.2) is 8.42 Å². The Bertz CT molecular complexity index is 588. The summed E-state index contributed by atoms with van der Waals surface area (Å²) in [5.41, 5.74) is 6.46. The Labute approximate surface area is 129 Å². The van der Waals surface area contributed by atoms with E-state index in [1.165, 1.54) is 7.11 Å². The summed E-state index contributed by atoms with van der Waals surface area (Å²) in [5.74, 6) is 0.0322.